The van der Waals surface area contributed by atoms with Crippen LogP contribution in [0.5, 0.6) is 5.75 Å². The van der Waals surface area contributed by atoms with Gasteiger partial charge in [0, 0.05) is 23.7 Å². The number of hydrogen-bond acceptors (Lipinski definition) is 5. The summed E-state index contributed by atoms with van der Waals surface area (Å²) in [6.07, 6.45) is 2.07. The van der Waals surface area contributed by atoms with Crippen LogP contribution in [0.3, 0.4) is 0 Å². The van der Waals surface area contributed by atoms with Gasteiger partial charge in [0.1, 0.15) is 11.5 Å². The van der Waals surface area contributed by atoms with Crippen LogP contribution in [0.25, 0.3) is 0 Å². The summed E-state index contributed by atoms with van der Waals surface area (Å²) in [5.74, 6) is -0.593. The summed E-state index contributed by atoms with van der Waals surface area (Å²) in [5, 5.41) is 0.461. The predicted molar refractivity (Wildman–Crippen MR) is 104 cm³/mol. The fraction of sp³-hybridized carbons (Fsp3) is 0.476. The van der Waals surface area contributed by atoms with Gasteiger partial charge in [-0.05, 0) is 51.3 Å². The number of ether oxygens (including phenoxy) is 2. The number of rotatable bonds is 5. The second-order valence-corrected chi connectivity index (χ2v) is 7.13. The first kappa shape index (κ1) is 19.6. The highest BCUT2D eigenvalue weighted by atomic mass is 35.5. The molecule has 1 aliphatic carbocycles. The average Bonchev–Trinajstić information content (AvgIpc) is 2.62. The lowest BCUT2D eigenvalue weighted by Gasteiger charge is -2.35. The number of aliphatic imine (C=N–C) groups is 1. The van der Waals surface area contributed by atoms with Gasteiger partial charge in [0.05, 0.1) is 29.7 Å². The minimum atomic E-state index is -0.434. The molecule has 1 aromatic rings. The highest BCUT2D eigenvalue weighted by Crippen LogP contribution is 2.44. The topological polar surface area (TPSA) is 65.0 Å². The Hall–Kier alpha value is -2.14. The Morgan fingerprint density at radius 2 is 2.00 bits per heavy atom. The smallest absolute Gasteiger partial charge is 0.336 e. The molecule has 0 spiro atoms. The maximum atomic E-state index is 12.8. The molecule has 1 unspecified atom stereocenters. The summed E-state index contributed by atoms with van der Waals surface area (Å²) in [5.41, 5.74) is 2.72. The van der Waals surface area contributed by atoms with E-state index in [4.69, 9.17) is 21.1 Å². The van der Waals surface area contributed by atoms with E-state index in [0.29, 0.717) is 35.1 Å². The van der Waals surface area contributed by atoms with Crippen LogP contribution in [0.15, 0.2) is 34.5 Å². The summed E-state index contributed by atoms with van der Waals surface area (Å²) >= 11 is 6.39. The number of hydrogen-bond donors (Lipinski definition) is 0. The van der Waals surface area contributed by atoms with Crippen LogP contribution >= 0.6 is 11.6 Å². The van der Waals surface area contributed by atoms with Crippen LogP contribution in [-0.4, -0.2) is 30.7 Å². The number of carbonyl (C=O) groups is 2. The number of esters is 1. The van der Waals surface area contributed by atoms with Crippen LogP contribution in [0, 0.1) is 5.92 Å². The predicted octanol–water partition coefficient (Wildman–Crippen LogP) is 4.48. The normalized spacial score (nSPS) is 22.2. The number of Topliss-reactive ketones (excluding diaryl/α,β-unsaturated/α-hetero) is 1. The highest BCUT2D eigenvalue weighted by Gasteiger charge is 2.43. The van der Waals surface area contributed by atoms with E-state index < -0.39 is 17.8 Å². The van der Waals surface area contributed by atoms with E-state index in [2.05, 4.69) is 4.99 Å². The highest BCUT2D eigenvalue weighted by molar-refractivity contribution is 6.32. The molecule has 0 bridgehead atoms. The molecular weight excluding hydrogens is 366 g/mol. The van der Waals surface area contributed by atoms with Crippen molar-refractivity contribution in [2.75, 3.05) is 13.2 Å². The second kappa shape index (κ2) is 8.26. The van der Waals surface area contributed by atoms with E-state index >= 15 is 0 Å². The molecule has 2 atom stereocenters. The van der Waals surface area contributed by atoms with Crippen molar-refractivity contribution in [1.29, 1.82) is 0 Å². The molecule has 27 heavy (non-hydrogen) atoms. The van der Waals surface area contributed by atoms with Gasteiger partial charge in [-0.15, -0.1) is 0 Å². The largest absolute Gasteiger partial charge is 0.492 e. The maximum absolute atomic E-state index is 12.8. The third-order valence-corrected chi connectivity index (χ3v) is 5.31. The van der Waals surface area contributed by atoms with Crippen LogP contribution in [0.4, 0.5) is 0 Å². The monoisotopic (exact) mass is 389 g/mol. The Balaban J connectivity index is 2.12. The number of benzene rings is 1. The molecule has 3 rings (SSSR count). The number of allylic oxidation sites excluding steroid dienone is 1. The van der Waals surface area contributed by atoms with Crippen molar-refractivity contribution in [3.8, 4) is 5.75 Å². The summed E-state index contributed by atoms with van der Waals surface area (Å²) in [4.78, 5) is 30.1. The summed E-state index contributed by atoms with van der Waals surface area (Å²) in [6.45, 7) is 6.23. The van der Waals surface area contributed by atoms with Gasteiger partial charge < -0.3 is 9.47 Å². The molecule has 1 heterocycles. The zero-order valence-electron chi connectivity index (χ0n) is 15.9. The molecule has 0 saturated heterocycles. The van der Waals surface area contributed by atoms with E-state index in [9.17, 15) is 9.59 Å². The Labute approximate surface area is 164 Å². The van der Waals surface area contributed by atoms with Gasteiger partial charge >= 0.3 is 5.97 Å². The second-order valence-electron chi connectivity index (χ2n) is 6.72. The van der Waals surface area contributed by atoms with Crippen LogP contribution in [0.1, 0.15) is 51.5 Å². The van der Waals surface area contributed by atoms with Crippen molar-refractivity contribution in [3.05, 3.63) is 40.1 Å². The quantitative estimate of drug-likeness (QED) is 0.696. The molecular formula is C21H24ClNO4. The minimum Gasteiger partial charge on any atom is -0.492 e. The Morgan fingerprint density at radius 1 is 1.22 bits per heavy atom. The lowest BCUT2D eigenvalue weighted by Crippen LogP contribution is -2.39. The lowest BCUT2D eigenvalue weighted by atomic mass is 9.69. The molecule has 144 valence electrons. The first-order valence-electron chi connectivity index (χ1n) is 9.38. The Bertz CT molecular complexity index is 827. The third-order valence-electron chi connectivity index (χ3n) is 5.02. The van der Waals surface area contributed by atoms with Gasteiger partial charge in [-0.2, -0.15) is 0 Å². The molecule has 0 radical (unpaired) electrons. The van der Waals surface area contributed by atoms with Crippen molar-refractivity contribution in [3.63, 3.8) is 0 Å². The van der Waals surface area contributed by atoms with Crippen molar-refractivity contribution < 1.29 is 19.1 Å². The molecule has 0 amide bonds. The number of ketones is 1. The fourth-order valence-corrected chi connectivity index (χ4v) is 4.18. The Morgan fingerprint density at radius 3 is 2.67 bits per heavy atom. The molecule has 5 nitrogen and oxygen atoms in total. The van der Waals surface area contributed by atoms with E-state index in [1.165, 1.54) is 0 Å². The summed E-state index contributed by atoms with van der Waals surface area (Å²) < 4.78 is 10.8. The zero-order valence-corrected chi connectivity index (χ0v) is 16.6. The molecule has 0 N–H and O–H groups in total. The average molecular weight is 390 g/mol. The maximum Gasteiger partial charge on any atom is 0.336 e. The standard InChI is InChI=1S/C21H24ClNO4/c1-4-26-17-10-9-13(11-14(17)22)19-18(21(25)27-5-2)12(3)23-15-7-6-8-16(24)20(15)19/h9-11,19-20H,4-8H2,1-3H3/t19-,20?/m0/s1. The SMILES string of the molecule is CCOC(=O)C1=C(C)N=C2CCCC(=O)C2[C@H]1c1ccc(OCC)c(Cl)c1. The van der Waals surface area contributed by atoms with Gasteiger partial charge in [-0.3, -0.25) is 9.79 Å². The first-order chi connectivity index (χ1) is 13.0. The van der Waals surface area contributed by atoms with Crippen LogP contribution in [0.2, 0.25) is 5.02 Å². The van der Waals surface area contributed by atoms with Crippen molar-refractivity contribution in [1.82, 2.24) is 0 Å². The van der Waals surface area contributed by atoms with Gasteiger partial charge in [0.25, 0.3) is 0 Å². The number of nitrogens with zero attached hydrogens (tertiary/aromatic N) is 1. The number of carbonyl (C=O) groups excluding carboxylic acids is 2. The molecule has 6 heteroatoms. The van der Waals surface area contributed by atoms with E-state index in [0.717, 1.165) is 24.1 Å². The lowest BCUT2D eigenvalue weighted by molar-refractivity contribution is -0.139. The van der Waals surface area contributed by atoms with Crippen molar-refractivity contribution in [2.24, 2.45) is 10.9 Å². The number of halogens is 1. The molecule has 2 aliphatic rings. The van der Waals surface area contributed by atoms with Crippen molar-refractivity contribution in [2.45, 2.75) is 46.0 Å². The van der Waals surface area contributed by atoms with Gasteiger partial charge in [0.2, 0.25) is 0 Å². The van der Waals surface area contributed by atoms with Crippen LogP contribution in [-0.2, 0) is 14.3 Å². The first-order valence-corrected chi connectivity index (χ1v) is 9.76. The summed E-state index contributed by atoms with van der Waals surface area (Å²) in [7, 11) is 0. The molecule has 1 saturated carbocycles. The number of fused-ring (bicyclic) bond motifs is 1. The molecule has 0 aromatic heterocycles. The summed E-state index contributed by atoms with van der Waals surface area (Å²) in [6, 6.07) is 5.45. The van der Waals surface area contributed by atoms with Gasteiger partial charge in [-0.1, -0.05) is 17.7 Å². The van der Waals surface area contributed by atoms with E-state index in [1.54, 1.807) is 26.0 Å². The molecule has 1 aliphatic heterocycles. The van der Waals surface area contributed by atoms with E-state index in [-0.39, 0.29) is 12.4 Å². The van der Waals surface area contributed by atoms with Crippen LogP contribution < -0.4 is 4.74 Å². The van der Waals surface area contributed by atoms with Crippen molar-refractivity contribution >= 4 is 29.1 Å². The molecule has 1 aromatic carbocycles. The van der Waals surface area contributed by atoms with E-state index in [1.807, 2.05) is 13.0 Å². The fourth-order valence-electron chi connectivity index (χ4n) is 3.94. The van der Waals surface area contributed by atoms with Gasteiger partial charge in [-0.25, -0.2) is 4.79 Å². The van der Waals surface area contributed by atoms with Gasteiger partial charge in [0.15, 0.2) is 0 Å². The Kier molecular flexibility index (Phi) is 6.00. The third kappa shape index (κ3) is 3.79. The zero-order chi connectivity index (χ0) is 19.6. The molecule has 1 fully saturated rings. The minimum absolute atomic E-state index is 0.115.